The van der Waals surface area contributed by atoms with Gasteiger partial charge >= 0.3 is 11.9 Å². The van der Waals surface area contributed by atoms with Crippen LogP contribution in [0.4, 0.5) is 11.4 Å². The average molecular weight is 1890 g/mol. The van der Waals surface area contributed by atoms with Crippen LogP contribution in [0.2, 0.25) is 10.0 Å². The molecule has 4 aliphatic heterocycles. The third kappa shape index (κ3) is 24.0. The minimum atomic E-state index is -0.860. The molecule has 8 aromatic heterocycles. The van der Waals surface area contributed by atoms with Crippen LogP contribution in [0.5, 0.6) is 0 Å². The number of halogens is 3. The van der Waals surface area contributed by atoms with Gasteiger partial charge in [0, 0.05) is 111 Å². The highest BCUT2D eigenvalue weighted by Gasteiger charge is 2.32. The van der Waals surface area contributed by atoms with Crippen LogP contribution in [0.15, 0.2) is 151 Å². The Morgan fingerprint density at radius 2 is 0.788 bits per heavy atom. The summed E-state index contributed by atoms with van der Waals surface area (Å²) in [5.41, 5.74) is 24.9. The minimum Gasteiger partial charge on any atom is -0.481 e. The first-order valence-corrected chi connectivity index (χ1v) is 47.5. The van der Waals surface area contributed by atoms with E-state index in [9.17, 15) is 43.5 Å². The fourth-order valence-corrected chi connectivity index (χ4v) is 19.6. The first-order chi connectivity index (χ1) is 63.6. The number of carbonyl (C=O) groups is 8. The lowest BCUT2D eigenvalue weighted by Crippen LogP contribution is -2.37. The lowest BCUT2D eigenvalue weighted by Gasteiger charge is -2.31. The van der Waals surface area contributed by atoms with E-state index in [-0.39, 0.29) is 65.9 Å². The largest absolute Gasteiger partial charge is 0.481 e. The molecule has 4 aromatic carbocycles. The van der Waals surface area contributed by atoms with Crippen molar-refractivity contribution in [2.45, 2.75) is 189 Å². The predicted octanol–water partition coefficient (Wildman–Crippen LogP) is 21.5. The van der Waals surface area contributed by atoms with Gasteiger partial charge in [-0.15, -0.1) is 0 Å². The summed E-state index contributed by atoms with van der Waals surface area (Å²) in [7, 11) is 0. The zero-order chi connectivity index (χ0) is 94.0. The first kappa shape index (κ1) is 97.8. The number of benzene rings is 4. The molecular weight excluding hydrogens is 1770 g/mol. The van der Waals surface area contributed by atoms with Gasteiger partial charge < -0.3 is 34.2 Å². The number of hydrogen-bond acceptors (Lipinski definition) is 16. The molecule has 4 N–H and O–H groups in total. The second kappa shape index (κ2) is 45.6. The summed E-state index contributed by atoms with van der Waals surface area (Å²) in [5, 5.41) is 19.4. The molecule has 0 saturated carbocycles. The van der Waals surface area contributed by atoms with Crippen LogP contribution in [0.1, 0.15) is 236 Å². The third-order valence-corrected chi connectivity index (χ3v) is 26.8. The number of nitrogens with zero attached hydrogens (tertiary/aromatic N) is 14. The van der Waals surface area contributed by atoms with Gasteiger partial charge in [0.1, 0.15) is 5.78 Å². The summed E-state index contributed by atoms with van der Waals surface area (Å²) >= 11 is 15.7. The van der Waals surface area contributed by atoms with Crippen molar-refractivity contribution in [3.05, 3.63) is 245 Å². The van der Waals surface area contributed by atoms with E-state index < -0.39 is 11.9 Å². The van der Waals surface area contributed by atoms with Crippen molar-refractivity contribution in [1.82, 2.24) is 57.8 Å². The molecule has 132 heavy (non-hydrogen) atoms. The molecule has 4 fully saturated rings. The maximum absolute atomic E-state index is 13.5. The number of aromatic nitrogens is 8. The number of fused-ring (bicyclic) bond motifs is 4. The van der Waals surface area contributed by atoms with Gasteiger partial charge in [-0.3, -0.25) is 77.9 Å². The number of aliphatic carboxylic acids is 2. The average Bonchev–Trinajstić information content (AvgIpc) is 1.57. The molecule has 4 aliphatic rings. The Kier molecular flexibility index (Phi) is 33.8. The van der Waals surface area contributed by atoms with Gasteiger partial charge in [-0.25, -0.2) is 9.69 Å². The number of likely N-dealkylation sites (tertiary alicyclic amines) is 4. The Balaban J connectivity index is 0.000000150. The molecule has 688 valence electrons. The second-order valence-electron chi connectivity index (χ2n) is 35.5. The van der Waals surface area contributed by atoms with E-state index in [0.717, 1.165) is 217 Å². The number of aryl methyl sites for hydroxylation is 1. The standard InChI is InChI=1S/C27H32ClN3O2.C26H29N5O2.C26H28N4O3.C25H27BrClN3O3/c1-3-7-23(32)13-8-20-16-24-27(29-17-20)26(25(33)18-30-14-5-4-6-15-30)19(2)31(24)22-11-9-21(28)10-12-22;1-17(13-24(27)33)19-14-22-26(29-15-19)25(23(32)16-30-11-5-4-6-12-30)18(2)31(22)21-9-7-20(28-3)8-10-21;1-17(13-24(32)33)19-14-22-26(28-15-19)25(23(31)16-29-11-5-4-6-12-29)18(2)30(22)21-9-7-20(27-3)8-10-21;1-16-24(22(31)15-29-11-9-17(10-12-29)3-2-4-23(32)33)25-21(13-18(26)14-28-25)30(16)20-7-5-19(27)6-8-20/h9-12,16-17H,3-8,13-15,18H2,1-2H3;7-10,14-15,17H,4-6,11-13,16H2,1-2H3,(H2,27,33);7-10,14-15,17H,4-6,11-13,16H2,1-2H3,(H,32,33);5-8,13-14,17H,2-4,9-12,15H2,1H3,(H,32,33). The van der Waals surface area contributed by atoms with Crippen molar-refractivity contribution >= 4 is 141 Å². The number of carboxylic acids is 2. The van der Waals surface area contributed by atoms with Crippen LogP contribution in [0, 0.1) is 46.8 Å². The number of hydrogen-bond donors (Lipinski definition) is 3. The molecule has 0 aliphatic carbocycles. The fraction of sp³-hybridized carbons (Fsp3) is 0.404. The summed E-state index contributed by atoms with van der Waals surface area (Å²) in [5.74, 6) is -1.11. The molecule has 28 heteroatoms. The molecule has 0 spiro atoms. The van der Waals surface area contributed by atoms with Gasteiger partial charge in [-0.1, -0.05) is 87.5 Å². The molecule has 2 unspecified atom stereocenters. The lowest BCUT2D eigenvalue weighted by atomic mass is 9.91. The van der Waals surface area contributed by atoms with E-state index in [0.29, 0.717) is 112 Å². The second-order valence-corrected chi connectivity index (χ2v) is 37.3. The molecule has 25 nitrogen and oxygen atoms in total. The Bertz CT molecular complexity index is 6100. The Morgan fingerprint density at radius 3 is 1.14 bits per heavy atom. The predicted molar refractivity (Wildman–Crippen MR) is 523 cm³/mol. The minimum absolute atomic E-state index is 0.00727. The van der Waals surface area contributed by atoms with Gasteiger partial charge in [0.25, 0.3) is 0 Å². The van der Waals surface area contributed by atoms with Crippen LogP contribution >= 0.6 is 39.1 Å². The van der Waals surface area contributed by atoms with Crippen LogP contribution in [0.25, 0.3) is 76.6 Å². The highest BCUT2D eigenvalue weighted by atomic mass is 79.9. The van der Waals surface area contributed by atoms with E-state index in [4.69, 9.17) is 57.2 Å². The normalized spacial score (nSPS) is 15.1. The monoisotopic (exact) mass is 1880 g/mol. The van der Waals surface area contributed by atoms with Crippen LogP contribution in [0.3, 0.4) is 0 Å². The number of rotatable bonds is 31. The summed E-state index contributed by atoms with van der Waals surface area (Å²) in [4.78, 5) is 134. The van der Waals surface area contributed by atoms with Gasteiger partial charge in [0.05, 0.1) is 112 Å². The summed E-state index contributed by atoms with van der Waals surface area (Å²) in [6, 6.07) is 37.8. The van der Waals surface area contributed by atoms with Crippen LogP contribution in [-0.4, -0.2) is 193 Å². The lowest BCUT2D eigenvalue weighted by molar-refractivity contribution is -0.138. The Labute approximate surface area is 789 Å². The molecule has 4 saturated heterocycles. The highest BCUT2D eigenvalue weighted by molar-refractivity contribution is 9.10. The van der Waals surface area contributed by atoms with Crippen molar-refractivity contribution in [2.24, 2.45) is 11.7 Å². The molecular formula is C104H116BrCl2N15O10. The molecule has 0 radical (unpaired) electrons. The molecule has 1 amide bonds. The smallest absolute Gasteiger partial charge is 0.303 e. The maximum atomic E-state index is 13.5. The number of pyridine rings is 4. The summed E-state index contributed by atoms with van der Waals surface area (Å²) < 4.78 is 9.04. The number of nitrogens with two attached hydrogens (primary N) is 1. The molecule has 16 rings (SSSR count). The van der Waals surface area contributed by atoms with Crippen molar-refractivity contribution in [3.8, 4) is 22.7 Å². The van der Waals surface area contributed by atoms with Gasteiger partial charge in [-0.05, 0) is 305 Å². The fourth-order valence-electron chi connectivity index (χ4n) is 19.0. The SMILES string of the molecule is CCCC(=O)CCc1cnc2c(C(=O)CN3CCCCC3)c(C)n(-c3ccc(Cl)cc3)c2c1.Cc1c(C(=O)CN2CCC(CCCC(=O)O)CC2)c2ncc(Br)cc2n1-c1ccc(Cl)cc1.[C-]#[N+]c1ccc(-n2c(C)c(C(=O)CN3CCCCC3)c3ncc(C(C)CC(=O)O)cc32)cc1.[C-]#[N+]c1ccc(-n2c(C)c(C(=O)CN3CCCCC3)c3ncc(C(C)CC(N)=O)cc32)cc1. The van der Waals surface area contributed by atoms with Gasteiger partial charge in [-0.2, -0.15) is 0 Å². The molecule has 12 aromatic rings. The molecule has 0 bridgehead atoms. The van der Waals surface area contributed by atoms with Crippen molar-refractivity contribution in [2.75, 3.05) is 78.5 Å². The topological polar surface area (TPSA) is 296 Å². The number of primary amides is 1. The number of carbonyl (C=O) groups excluding carboxylic acids is 6. The number of Topliss-reactive ketones (excluding diaryl/α,β-unsaturated/α-hetero) is 5. The van der Waals surface area contributed by atoms with E-state index in [1.807, 2.05) is 155 Å². The van der Waals surface area contributed by atoms with Gasteiger partial charge in [0.2, 0.25) is 5.91 Å². The zero-order valence-electron chi connectivity index (χ0n) is 76.3. The summed E-state index contributed by atoms with van der Waals surface area (Å²) in [6.07, 6.45) is 24.3. The number of ketones is 5. The maximum Gasteiger partial charge on any atom is 0.303 e. The Morgan fingerprint density at radius 1 is 0.447 bits per heavy atom. The van der Waals surface area contributed by atoms with Gasteiger partial charge in [0.15, 0.2) is 34.5 Å². The summed E-state index contributed by atoms with van der Waals surface area (Å²) in [6.45, 7) is 37.1. The first-order valence-electron chi connectivity index (χ1n) is 46.0. The highest BCUT2D eigenvalue weighted by Crippen LogP contribution is 2.39. The van der Waals surface area contributed by atoms with E-state index in [1.165, 1.54) is 19.3 Å². The number of amides is 1. The van der Waals surface area contributed by atoms with Crippen molar-refractivity contribution in [1.29, 1.82) is 0 Å². The quantitative estimate of drug-likeness (QED) is 0.0269. The van der Waals surface area contributed by atoms with E-state index in [1.54, 1.807) is 42.9 Å². The third-order valence-electron chi connectivity index (χ3n) is 25.9. The molecule has 12 heterocycles. The zero-order valence-corrected chi connectivity index (χ0v) is 79.4. The van der Waals surface area contributed by atoms with Crippen LogP contribution < -0.4 is 5.73 Å². The van der Waals surface area contributed by atoms with Crippen molar-refractivity contribution < 1.29 is 48.6 Å². The van der Waals surface area contributed by atoms with Crippen molar-refractivity contribution in [3.63, 3.8) is 0 Å². The van der Waals surface area contributed by atoms with E-state index >= 15 is 0 Å². The molecule has 2 atom stereocenters. The van der Waals surface area contributed by atoms with E-state index in [2.05, 4.69) is 70.4 Å². The van der Waals surface area contributed by atoms with Crippen LogP contribution in [-0.2, 0) is 25.6 Å². The number of piperidine rings is 4. The Hall–Kier alpha value is -11.7. The number of carboxylic acid groups (broad SMARTS) is 2.